The number of aromatic nitrogens is 1. The van der Waals surface area contributed by atoms with Gasteiger partial charge in [0.2, 0.25) is 0 Å². The molecule has 8 aromatic rings. The molecule has 2 aliphatic carbocycles. The Bertz CT molecular complexity index is 2650. The fourth-order valence-electron chi connectivity index (χ4n) is 8.81. The van der Waals surface area contributed by atoms with Crippen molar-refractivity contribution in [3.8, 4) is 22.3 Å². The Kier molecular flexibility index (Phi) is 6.04. The maximum absolute atomic E-state index is 6.25. The van der Waals surface area contributed by atoms with Crippen LogP contribution in [0.25, 0.3) is 60.1 Å². The van der Waals surface area contributed by atoms with E-state index in [2.05, 4.69) is 145 Å². The van der Waals surface area contributed by atoms with Gasteiger partial charge in [0.15, 0.2) is 0 Å². The predicted molar refractivity (Wildman–Crippen MR) is 205 cm³/mol. The average molecular weight is 625 g/mol. The Hall–Kier alpha value is -6.25. The number of nitrogens with zero attached hydrogens (tertiary/aromatic N) is 1. The summed E-state index contributed by atoms with van der Waals surface area (Å²) in [5, 5.41) is 7.64. The summed E-state index contributed by atoms with van der Waals surface area (Å²) in [6, 6.07) is 53.8. The molecule has 0 aliphatic heterocycles. The molecule has 1 spiro atoms. The fourth-order valence-corrected chi connectivity index (χ4v) is 8.81. The van der Waals surface area contributed by atoms with Gasteiger partial charge in [-0.15, -0.1) is 0 Å². The Labute approximate surface area is 285 Å². The van der Waals surface area contributed by atoms with Crippen molar-refractivity contribution in [1.29, 1.82) is 0 Å². The summed E-state index contributed by atoms with van der Waals surface area (Å²) in [6.45, 7) is 0. The van der Waals surface area contributed by atoms with Crippen LogP contribution in [0.5, 0.6) is 0 Å². The summed E-state index contributed by atoms with van der Waals surface area (Å²) in [6.07, 6.45) is 8.55. The highest BCUT2D eigenvalue weighted by Crippen LogP contribution is 2.65. The van der Waals surface area contributed by atoms with E-state index in [4.69, 9.17) is 5.73 Å². The van der Waals surface area contributed by atoms with Crippen LogP contribution < -0.4 is 5.73 Å². The molecule has 10 rings (SSSR count). The lowest BCUT2D eigenvalue weighted by atomic mass is 9.69. The Morgan fingerprint density at radius 3 is 1.94 bits per heavy atom. The zero-order chi connectivity index (χ0) is 32.5. The second-order valence-corrected chi connectivity index (χ2v) is 13.2. The average Bonchev–Trinajstić information content (AvgIpc) is 3.63. The smallest absolute Gasteiger partial charge is 0.0731 e. The van der Waals surface area contributed by atoms with E-state index in [1.54, 1.807) is 6.20 Å². The molecule has 0 bridgehead atoms. The van der Waals surface area contributed by atoms with Gasteiger partial charge in [-0.2, -0.15) is 0 Å². The lowest BCUT2D eigenvalue weighted by molar-refractivity contribution is 0.803. The van der Waals surface area contributed by atoms with Gasteiger partial charge in [-0.05, 0) is 118 Å². The molecule has 0 saturated heterocycles. The molecule has 2 N–H and O–H groups in total. The van der Waals surface area contributed by atoms with Crippen molar-refractivity contribution < 1.29 is 0 Å². The maximum Gasteiger partial charge on any atom is 0.0731 e. The van der Waals surface area contributed by atoms with Gasteiger partial charge in [-0.1, -0.05) is 127 Å². The van der Waals surface area contributed by atoms with Gasteiger partial charge in [0.1, 0.15) is 0 Å². The minimum absolute atomic E-state index is 0.458. The largest absolute Gasteiger partial charge is 0.404 e. The molecule has 49 heavy (non-hydrogen) atoms. The topological polar surface area (TPSA) is 38.9 Å². The number of pyridine rings is 1. The molecule has 2 heteroatoms. The van der Waals surface area contributed by atoms with E-state index < -0.39 is 5.41 Å². The third kappa shape index (κ3) is 3.86. The van der Waals surface area contributed by atoms with Crippen LogP contribution in [0.1, 0.15) is 33.5 Å². The van der Waals surface area contributed by atoms with E-state index in [0.717, 1.165) is 23.3 Å². The van der Waals surface area contributed by atoms with Crippen LogP contribution in [0.2, 0.25) is 0 Å². The van der Waals surface area contributed by atoms with Crippen LogP contribution in [-0.2, 0) is 11.8 Å². The molecule has 0 fully saturated rings. The number of allylic oxidation sites excluding steroid dienone is 3. The van der Waals surface area contributed by atoms with Crippen molar-refractivity contribution in [1.82, 2.24) is 4.98 Å². The summed E-state index contributed by atoms with van der Waals surface area (Å²) in [5.41, 5.74) is 19.7. The lowest BCUT2D eigenvalue weighted by Crippen LogP contribution is -2.26. The van der Waals surface area contributed by atoms with Crippen molar-refractivity contribution in [2.75, 3.05) is 0 Å². The number of nitrogens with two attached hydrogens (primary N) is 1. The van der Waals surface area contributed by atoms with Crippen LogP contribution in [0, 0.1) is 0 Å². The van der Waals surface area contributed by atoms with Crippen LogP contribution in [0.15, 0.2) is 170 Å². The van der Waals surface area contributed by atoms with Gasteiger partial charge in [0, 0.05) is 24.5 Å². The van der Waals surface area contributed by atoms with E-state index in [1.165, 1.54) is 76.8 Å². The van der Waals surface area contributed by atoms with Crippen LogP contribution in [-0.4, -0.2) is 4.98 Å². The molecule has 1 heterocycles. The SMILES string of the molecule is N/C=C(\C=C/Cc1ccccn1)c1ccc2cc3c(cc2c1)C1(c2ccccc2-c2ccccc21)c1c-3c2ccccc2c2ccccc12. The van der Waals surface area contributed by atoms with E-state index in [9.17, 15) is 0 Å². The van der Waals surface area contributed by atoms with E-state index in [1.807, 2.05) is 24.4 Å². The normalized spacial score (nSPS) is 14.1. The highest BCUT2D eigenvalue weighted by molar-refractivity contribution is 6.20. The van der Waals surface area contributed by atoms with E-state index in [-0.39, 0.29) is 0 Å². The van der Waals surface area contributed by atoms with Gasteiger partial charge in [-0.25, -0.2) is 0 Å². The summed E-state index contributed by atoms with van der Waals surface area (Å²) in [5.74, 6) is 0. The molecular weight excluding hydrogens is 593 g/mol. The van der Waals surface area contributed by atoms with Crippen LogP contribution in [0.4, 0.5) is 0 Å². The highest BCUT2D eigenvalue weighted by atomic mass is 14.7. The van der Waals surface area contributed by atoms with Crippen molar-refractivity contribution in [2.24, 2.45) is 5.73 Å². The summed E-state index contributed by atoms with van der Waals surface area (Å²) in [7, 11) is 0. The molecule has 2 aliphatic rings. The Morgan fingerprint density at radius 1 is 0.571 bits per heavy atom. The Morgan fingerprint density at radius 2 is 1.22 bits per heavy atom. The van der Waals surface area contributed by atoms with Gasteiger partial charge in [-0.3, -0.25) is 4.98 Å². The zero-order valence-electron chi connectivity index (χ0n) is 26.9. The first kappa shape index (κ1) is 27.8. The summed E-state index contributed by atoms with van der Waals surface area (Å²) >= 11 is 0. The molecule has 2 nitrogen and oxygen atoms in total. The van der Waals surface area contributed by atoms with E-state index >= 15 is 0 Å². The van der Waals surface area contributed by atoms with E-state index in [0.29, 0.717) is 0 Å². The first-order valence-electron chi connectivity index (χ1n) is 17.0. The predicted octanol–water partition coefficient (Wildman–Crippen LogP) is 11.0. The number of hydrogen-bond donors (Lipinski definition) is 1. The quantitative estimate of drug-likeness (QED) is 0.156. The second kappa shape index (κ2) is 10.6. The molecule has 0 amide bonds. The summed E-state index contributed by atoms with van der Waals surface area (Å²) in [4.78, 5) is 4.47. The van der Waals surface area contributed by atoms with Crippen molar-refractivity contribution >= 4 is 37.9 Å². The third-order valence-corrected chi connectivity index (χ3v) is 10.8. The highest BCUT2D eigenvalue weighted by Gasteiger charge is 2.53. The number of fused-ring (bicyclic) bond motifs is 16. The lowest BCUT2D eigenvalue weighted by Gasteiger charge is -2.32. The minimum atomic E-state index is -0.458. The second-order valence-electron chi connectivity index (χ2n) is 13.2. The molecular formula is C47H32N2. The first-order valence-corrected chi connectivity index (χ1v) is 17.0. The maximum atomic E-state index is 6.25. The standard InChI is InChI=1S/C47H32N2/c48-29-32(12-11-14-34-13-9-10-25-49-34)30-23-24-31-27-41-44(28-33(31)26-30)47(42-21-7-5-17-37(42)38-18-6-8-22-43(38)47)46-40-20-4-2-16-36(40)35-15-1-3-19-39(35)45(41)46/h1-13,15-29H,14,48H2/b12-11-,32-29+. The number of benzene rings is 7. The minimum Gasteiger partial charge on any atom is -0.404 e. The van der Waals surface area contributed by atoms with Crippen LogP contribution in [0.3, 0.4) is 0 Å². The van der Waals surface area contributed by atoms with Gasteiger partial charge >= 0.3 is 0 Å². The molecule has 0 unspecified atom stereocenters. The summed E-state index contributed by atoms with van der Waals surface area (Å²) < 4.78 is 0. The Balaban J connectivity index is 1.27. The van der Waals surface area contributed by atoms with Crippen molar-refractivity contribution in [2.45, 2.75) is 11.8 Å². The molecule has 0 saturated carbocycles. The van der Waals surface area contributed by atoms with Crippen LogP contribution >= 0.6 is 0 Å². The molecule has 0 atom stereocenters. The van der Waals surface area contributed by atoms with Gasteiger partial charge in [0.25, 0.3) is 0 Å². The molecule has 0 radical (unpaired) electrons. The molecule has 7 aromatic carbocycles. The number of rotatable bonds is 4. The monoisotopic (exact) mass is 624 g/mol. The molecule has 230 valence electrons. The third-order valence-electron chi connectivity index (χ3n) is 10.8. The number of hydrogen-bond acceptors (Lipinski definition) is 2. The molecule has 1 aromatic heterocycles. The fraction of sp³-hybridized carbons (Fsp3) is 0.0426. The van der Waals surface area contributed by atoms with Crippen molar-refractivity contribution in [3.63, 3.8) is 0 Å². The van der Waals surface area contributed by atoms with Gasteiger partial charge < -0.3 is 5.73 Å². The first-order chi connectivity index (χ1) is 24.3. The van der Waals surface area contributed by atoms with Crippen molar-refractivity contribution in [3.05, 3.63) is 204 Å². The van der Waals surface area contributed by atoms with Gasteiger partial charge in [0.05, 0.1) is 5.41 Å². The zero-order valence-corrected chi connectivity index (χ0v) is 26.9.